The van der Waals surface area contributed by atoms with E-state index < -0.39 is 46.9 Å². The maximum atomic E-state index is 13.9. The number of benzene rings is 3. The molecule has 0 N–H and O–H groups in total. The van der Waals surface area contributed by atoms with Crippen molar-refractivity contribution in [1.82, 2.24) is 0 Å². The number of imide groups is 1. The number of rotatable bonds is 3. The van der Waals surface area contributed by atoms with Crippen molar-refractivity contribution in [3.05, 3.63) is 95.1 Å². The van der Waals surface area contributed by atoms with Gasteiger partial charge in [-0.1, -0.05) is 54.1 Å². The van der Waals surface area contributed by atoms with Gasteiger partial charge in [-0.3, -0.25) is 19.2 Å². The summed E-state index contributed by atoms with van der Waals surface area (Å²) >= 11 is 0. The molecule has 174 valence electrons. The molecule has 3 aromatic carbocycles. The van der Waals surface area contributed by atoms with E-state index in [0.29, 0.717) is 17.0 Å². The maximum absolute atomic E-state index is 13.9. The van der Waals surface area contributed by atoms with Crippen molar-refractivity contribution in [3.8, 4) is 5.75 Å². The summed E-state index contributed by atoms with van der Waals surface area (Å²) in [4.78, 5) is 56.3. The summed E-state index contributed by atoms with van der Waals surface area (Å²) < 4.78 is 11.6. The molecule has 0 bridgehead atoms. The Labute approximate surface area is 201 Å². The average molecular weight is 467 g/mol. The molecule has 3 aromatic rings. The molecule has 0 aromatic heterocycles. The van der Waals surface area contributed by atoms with Crippen LogP contribution in [0.1, 0.15) is 37.9 Å². The molecule has 2 aliphatic heterocycles. The van der Waals surface area contributed by atoms with Gasteiger partial charge < -0.3 is 9.47 Å². The van der Waals surface area contributed by atoms with Crippen LogP contribution in [0, 0.1) is 18.8 Å². The number of ketones is 2. The number of hydrogen-bond acceptors (Lipinski definition) is 6. The van der Waals surface area contributed by atoms with Crippen molar-refractivity contribution < 1.29 is 28.7 Å². The molecule has 1 spiro atoms. The van der Waals surface area contributed by atoms with Crippen LogP contribution < -0.4 is 9.64 Å². The van der Waals surface area contributed by atoms with E-state index in [4.69, 9.17) is 9.47 Å². The predicted octanol–water partition coefficient (Wildman–Crippen LogP) is 3.70. The normalized spacial score (nSPS) is 24.3. The first-order valence-electron chi connectivity index (χ1n) is 11.3. The van der Waals surface area contributed by atoms with Gasteiger partial charge in [0, 0.05) is 11.1 Å². The Bertz CT molecular complexity index is 1390. The first-order valence-corrected chi connectivity index (χ1v) is 11.3. The number of amides is 2. The summed E-state index contributed by atoms with van der Waals surface area (Å²) in [6, 6.07) is 20.3. The van der Waals surface area contributed by atoms with Gasteiger partial charge >= 0.3 is 0 Å². The van der Waals surface area contributed by atoms with Crippen LogP contribution in [-0.2, 0) is 14.3 Å². The number of anilines is 1. The van der Waals surface area contributed by atoms with Gasteiger partial charge in [0.15, 0.2) is 0 Å². The maximum Gasteiger partial charge on any atom is 0.241 e. The second-order valence-corrected chi connectivity index (χ2v) is 9.11. The number of ether oxygens (including phenoxy) is 2. The zero-order valence-corrected chi connectivity index (χ0v) is 19.1. The van der Waals surface area contributed by atoms with Crippen LogP contribution >= 0.6 is 0 Å². The molecule has 35 heavy (non-hydrogen) atoms. The van der Waals surface area contributed by atoms with E-state index in [0.717, 1.165) is 10.5 Å². The van der Waals surface area contributed by atoms with Gasteiger partial charge in [-0.15, -0.1) is 0 Å². The van der Waals surface area contributed by atoms with Gasteiger partial charge in [0.25, 0.3) is 0 Å². The Hall–Kier alpha value is -4.10. The highest BCUT2D eigenvalue weighted by Gasteiger charge is 2.74. The van der Waals surface area contributed by atoms with Crippen LogP contribution in [0.15, 0.2) is 72.8 Å². The van der Waals surface area contributed by atoms with E-state index in [1.165, 1.54) is 7.11 Å². The zero-order chi connectivity index (χ0) is 24.5. The number of nitrogens with zero attached hydrogens (tertiary/aromatic N) is 1. The fourth-order valence-electron chi connectivity index (χ4n) is 5.58. The van der Waals surface area contributed by atoms with Crippen LogP contribution in [0.3, 0.4) is 0 Å². The van der Waals surface area contributed by atoms with E-state index in [1.807, 2.05) is 6.92 Å². The van der Waals surface area contributed by atoms with Crippen LogP contribution in [0.4, 0.5) is 5.69 Å². The van der Waals surface area contributed by atoms with Gasteiger partial charge in [-0.25, -0.2) is 4.90 Å². The van der Waals surface area contributed by atoms with Crippen LogP contribution in [0.5, 0.6) is 5.75 Å². The molecule has 7 nitrogen and oxygen atoms in total. The van der Waals surface area contributed by atoms with E-state index >= 15 is 0 Å². The van der Waals surface area contributed by atoms with Crippen molar-refractivity contribution in [2.45, 2.75) is 18.6 Å². The Morgan fingerprint density at radius 1 is 0.829 bits per heavy atom. The number of carbonyl (C=O) groups is 4. The molecular weight excluding hydrogens is 446 g/mol. The van der Waals surface area contributed by atoms with Gasteiger partial charge in [-0.2, -0.15) is 0 Å². The summed E-state index contributed by atoms with van der Waals surface area (Å²) in [7, 11) is 1.52. The van der Waals surface area contributed by atoms with E-state index in [-0.39, 0.29) is 11.1 Å². The van der Waals surface area contributed by atoms with E-state index in [1.54, 1.807) is 72.8 Å². The predicted molar refractivity (Wildman–Crippen MR) is 125 cm³/mol. The number of fused-ring (bicyclic) bond motifs is 3. The summed E-state index contributed by atoms with van der Waals surface area (Å²) in [6.45, 7) is 1.90. The summed E-state index contributed by atoms with van der Waals surface area (Å²) in [5, 5.41) is 0. The lowest BCUT2D eigenvalue weighted by molar-refractivity contribution is -0.127. The summed E-state index contributed by atoms with van der Waals surface area (Å²) in [5.41, 5.74) is 0.246. The average Bonchev–Trinajstić information content (AvgIpc) is 3.45. The van der Waals surface area contributed by atoms with Crippen LogP contribution in [-0.4, -0.2) is 36.1 Å². The number of Topliss-reactive ketones (excluding diaryl/α,β-unsaturated/α-hetero) is 2. The fraction of sp³-hybridized carbons (Fsp3) is 0.214. The first-order chi connectivity index (χ1) is 16.9. The molecule has 0 unspecified atom stereocenters. The third kappa shape index (κ3) is 2.76. The molecule has 0 saturated carbocycles. The first kappa shape index (κ1) is 21.4. The van der Waals surface area contributed by atoms with E-state index in [2.05, 4.69) is 0 Å². The monoisotopic (exact) mass is 467 g/mol. The van der Waals surface area contributed by atoms with Gasteiger partial charge in [0.1, 0.15) is 5.75 Å². The van der Waals surface area contributed by atoms with Gasteiger partial charge in [0.2, 0.25) is 29.0 Å². The van der Waals surface area contributed by atoms with Crippen molar-refractivity contribution in [2.75, 3.05) is 12.0 Å². The van der Waals surface area contributed by atoms with Gasteiger partial charge in [-0.05, 0) is 36.8 Å². The molecule has 2 amide bonds. The molecule has 6 rings (SSSR count). The molecule has 2 heterocycles. The smallest absolute Gasteiger partial charge is 0.241 e. The minimum atomic E-state index is -2.09. The van der Waals surface area contributed by atoms with Crippen molar-refractivity contribution >= 4 is 29.1 Å². The molecule has 2 fully saturated rings. The molecule has 7 heteroatoms. The molecule has 1 aliphatic carbocycles. The topological polar surface area (TPSA) is 90.0 Å². The molecule has 3 aliphatic rings. The molecular formula is C28H21NO6. The zero-order valence-electron chi connectivity index (χ0n) is 19.1. The highest BCUT2D eigenvalue weighted by atomic mass is 16.5. The lowest BCUT2D eigenvalue weighted by Crippen LogP contribution is -2.51. The summed E-state index contributed by atoms with van der Waals surface area (Å²) in [5.74, 6) is -4.05. The number of aryl methyl sites for hydroxylation is 1. The second-order valence-electron chi connectivity index (χ2n) is 9.11. The second kappa shape index (κ2) is 7.45. The van der Waals surface area contributed by atoms with Crippen molar-refractivity contribution in [3.63, 3.8) is 0 Å². The lowest BCUT2D eigenvalue weighted by atomic mass is 9.77. The molecule has 3 atom stereocenters. The SMILES string of the molecule is COc1cccc([C@H]2OC3(C(=O)c4ccccc4C3=O)[C@@H]3C(=O)N(c4ccc(C)cc4)C(=O)[C@H]23)c1. The largest absolute Gasteiger partial charge is 0.497 e. The fourth-order valence-corrected chi connectivity index (χ4v) is 5.58. The summed E-state index contributed by atoms with van der Waals surface area (Å²) in [6.07, 6.45) is -0.982. The highest BCUT2D eigenvalue weighted by Crippen LogP contribution is 2.57. The molecule has 0 radical (unpaired) electrons. The standard InChI is InChI=1S/C28H21NO6/c1-15-10-12-17(13-11-15)29-26(32)21-22(27(29)33)28(24(30)19-8-3-4-9-20(19)25(28)31)35-23(21)16-6-5-7-18(14-16)34-2/h3-14,21-23H,1-2H3/t21-,22-,23+/m0/s1. The minimum Gasteiger partial charge on any atom is -0.497 e. The van der Waals surface area contributed by atoms with Crippen molar-refractivity contribution in [1.29, 1.82) is 0 Å². The Morgan fingerprint density at radius 2 is 1.49 bits per heavy atom. The third-order valence-electron chi connectivity index (χ3n) is 7.23. The number of hydrogen-bond donors (Lipinski definition) is 0. The van der Waals surface area contributed by atoms with Gasteiger partial charge in [0.05, 0.1) is 30.7 Å². The Balaban J connectivity index is 1.54. The van der Waals surface area contributed by atoms with Crippen LogP contribution in [0.25, 0.3) is 0 Å². The number of carbonyl (C=O) groups excluding carboxylic acids is 4. The Kier molecular flexibility index (Phi) is 4.56. The number of methoxy groups -OCH3 is 1. The minimum absolute atomic E-state index is 0.205. The highest BCUT2D eigenvalue weighted by molar-refractivity contribution is 6.37. The Morgan fingerprint density at radius 3 is 2.11 bits per heavy atom. The lowest BCUT2D eigenvalue weighted by Gasteiger charge is -2.27. The quantitative estimate of drug-likeness (QED) is 0.431. The van der Waals surface area contributed by atoms with E-state index in [9.17, 15) is 19.2 Å². The third-order valence-corrected chi connectivity index (χ3v) is 7.23. The van der Waals surface area contributed by atoms with Crippen LogP contribution in [0.2, 0.25) is 0 Å². The van der Waals surface area contributed by atoms with Crippen molar-refractivity contribution in [2.24, 2.45) is 11.8 Å². The molecule has 2 saturated heterocycles.